The van der Waals surface area contributed by atoms with E-state index >= 15 is 0 Å². The largest absolute Gasteiger partial charge is 0.278 e. The van der Waals surface area contributed by atoms with Crippen LogP contribution in [0.5, 0.6) is 0 Å². The summed E-state index contributed by atoms with van der Waals surface area (Å²) in [4.78, 5) is 12.7. The zero-order chi connectivity index (χ0) is 15.4. The first-order valence-electron chi connectivity index (χ1n) is 7.71. The summed E-state index contributed by atoms with van der Waals surface area (Å²) < 4.78 is 1.57. The summed E-state index contributed by atoms with van der Waals surface area (Å²) in [5.41, 5.74) is 4.90. The molecule has 3 nitrogen and oxygen atoms in total. The summed E-state index contributed by atoms with van der Waals surface area (Å²) in [5, 5.41) is 4.47. The predicted molar refractivity (Wildman–Crippen MR) is 85.8 cm³/mol. The summed E-state index contributed by atoms with van der Waals surface area (Å²) in [6.45, 7) is 8.15. The molecule has 2 rings (SSSR count). The minimum absolute atomic E-state index is 0.0320. The van der Waals surface area contributed by atoms with Gasteiger partial charge in [0.05, 0.1) is 5.69 Å². The molecule has 1 heterocycles. The quantitative estimate of drug-likeness (QED) is 0.770. The van der Waals surface area contributed by atoms with E-state index in [-0.39, 0.29) is 5.91 Å². The van der Waals surface area contributed by atoms with Crippen molar-refractivity contribution in [3.63, 3.8) is 0 Å². The van der Waals surface area contributed by atoms with Crippen LogP contribution < -0.4 is 0 Å². The molecule has 112 valence electrons. The summed E-state index contributed by atoms with van der Waals surface area (Å²) in [6.07, 6.45) is 4.58. The fourth-order valence-electron chi connectivity index (χ4n) is 2.71. The number of aryl methyl sites for hydroxylation is 2. The topological polar surface area (TPSA) is 34.9 Å². The second-order valence-corrected chi connectivity index (χ2v) is 5.64. The molecule has 0 aliphatic heterocycles. The molecule has 1 aromatic heterocycles. The van der Waals surface area contributed by atoms with Crippen LogP contribution in [0, 0.1) is 20.8 Å². The molecule has 0 spiro atoms. The third-order valence-electron chi connectivity index (χ3n) is 4.04. The number of aromatic nitrogens is 2. The van der Waals surface area contributed by atoms with Crippen molar-refractivity contribution in [1.29, 1.82) is 0 Å². The molecule has 1 aromatic carbocycles. The maximum absolute atomic E-state index is 12.7. The Balaban J connectivity index is 2.31. The lowest BCUT2D eigenvalue weighted by Gasteiger charge is -2.07. The average molecular weight is 284 g/mol. The number of carbonyl (C=O) groups is 1. The molecule has 0 N–H and O–H groups in total. The molecule has 0 saturated heterocycles. The Bertz CT molecular complexity index is 641. The number of unbranched alkanes of at least 4 members (excludes halogenated alkanes) is 2. The van der Waals surface area contributed by atoms with E-state index in [4.69, 9.17) is 0 Å². The molecule has 0 saturated carbocycles. The minimum Gasteiger partial charge on any atom is -0.267 e. The number of rotatable bonds is 5. The molecule has 0 radical (unpaired) electrons. The van der Waals surface area contributed by atoms with E-state index in [1.165, 1.54) is 18.4 Å². The summed E-state index contributed by atoms with van der Waals surface area (Å²) in [5.74, 6) is -0.0320. The van der Waals surface area contributed by atoms with Gasteiger partial charge in [-0.25, -0.2) is 4.68 Å². The van der Waals surface area contributed by atoms with Crippen molar-refractivity contribution in [2.24, 2.45) is 0 Å². The number of hydrogen-bond acceptors (Lipinski definition) is 2. The van der Waals surface area contributed by atoms with Crippen molar-refractivity contribution >= 4 is 5.91 Å². The first kappa shape index (κ1) is 15.5. The first-order valence-corrected chi connectivity index (χ1v) is 7.71. The van der Waals surface area contributed by atoms with E-state index in [9.17, 15) is 4.79 Å². The fraction of sp³-hybridized carbons (Fsp3) is 0.444. The zero-order valence-corrected chi connectivity index (χ0v) is 13.4. The van der Waals surface area contributed by atoms with Crippen LogP contribution in [0.25, 0.3) is 0 Å². The van der Waals surface area contributed by atoms with Crippen LogP contribution in [0.4, 0.5) is 0 Å². The standard InChI is InChI=1S/C18H24N2O/c1-5-6-7-12-17-14(3)19-20(15(17)4)18(21)16-11-9-8-10-13(16)2/h8-11H,5-7,12H2,1-4H3. The number of nitrogens with zero attached hydrogens (tertiary/aromatic N) is 2. The van der Waals surface area contributed by atoms with E-state index in [1.807, 2.05) is 45.0 Å². The van der Waals surface area contributed by atoms with Gasteiger partial charge in [0.15, 0.2) is 0 Å². The van der Waals surface area contributed by atoms with Crippen LogP contribution in [0.2, 0.25) is 0 Å². The van der Waals surface area contributed by atoms with Gasteiger partial charge < -0.3 is 0 Å². The Hall–Kier alpha value is -1.90. The van der Waals surface area contributed by atoms with Crippen LogP contribution in [0.15, 0.2) is 24.3 Å². The Kier molecular flexibility index (Phi) is 4.94. The first-order chi connectivity index (χ1) is 10.1. The lowest BCUT2D eigenvalue weighted by atomic mass is 10.1. The number of carbonyl (C=O) groups excluding carboxylic acids is 1. The van der Waals surface area contributed by atoms with Crippen molar-refractivity contribution in [3.05, 3.63) is 52.3 Å². The molecular weight excluding hydrogens is 260 g/mol. The Labute approximate surface area is 127 Å². The van der Waals surface area contributed by atoms with Gasteiger partial charge in [0.1, 0.15) is 0 Å². The molecule has 0 aliphatic rings. The lowest BCUT2D eigenvalue weighted by Crippen LogP contribution is -2.16. The highest BCUT2D eigenvalue weighted by Crippen LogP contribution is 2.18. The third-order valence-corrected chi connectivity index (χ3v) is 4.04. The van der Waals surface area contributed by atoms with Crippen LogP contribution in [0.3, 0.4) is 0 Å². The van der Waals surface area contributed by atoms with Crippen molar-refractivity contribution < 1.29 is 4.79 Å². The molecule has 0 bridgehead atoms. The zero-order valence-electron chi connectivity index (χ0n) is 13.4. The molecule has 3 heteroatoms. The summed E-state index contributed by atoms with van der Waals surface area (Å²) in [6, 6.07) is 7.67. The van der Waals surface area contributed by atoms with E-state index in [1.54, 1.807) is 4.68 Å². The van der Waals surface area contributed by atoms with Crippen LogP contribution in [-0.4, -0.2) is 15.7 Å². The van der Waals surface area contributed by atoms with Gasteiger partial charge in [-0.2, -0.15) is 5.10 Å². The van der Waals surface area contributed by atoms with E-state index in [0.717, 1.165) is 35.4 Å². The third kappa shape index (κ3) is 3.23. The second kappa shape index (κ2) is 6.70. The molecule has 0 amide bonds. The Morgan fingerprint density at radius 1 is 1.14 bits per heavy atom. The van der Waals surface area contributed by atoms with Gasteiger partial charge in [0.25, 0.3) is 5.91 Å². The maximum Gasteiger partial charge on any atom is 0.278 e. The van der Waals surface area contributed by atoms with Gasteiger partial charge in [0, 0.05) is 11.3 Å². The molecule has 21 heavy (non-hydrogen) atoms. The highest BCUT2D eigenvalue weighted by Gasteiger charge is 2.18. The van der Waals surface area contributed by atoms with Crippen LogP contribution in [0.1, 0.15) is 59.1 Å². The van der Waals surface area contributed by atoms with Crippen molar-refractivity contribution in [2.75, 3.05) is 0 Å². The van der Waals surface area contributed by atoms with Gasteiger partial charge >= 0.3 is 0 Å². The van der Waals surface area contributed by atoms with E-state index in [0.29, 0.717) is 0 Å². The normalized spacial score (nSPS) is 10.9. The molecular formula is C18H24N2O. The average Bonchev–Trinajstić information content (AvgIpc) is 2.75. The van der Waals surface area contributed by atoms with E-state index in [2.05, 4.69) is 12.0 Å². The Morgan fingerprint density at radius 3 is 2.52 bits per heavy atom. The fourth-order valence-corrected chi connectivity index (χ4v) is 2.71. The smallest absolute Gasteiger partial charge is 0.267 e. The van der Waals surface area contributed by atoms with Gasteiger partial charge in [-0.15, -0.1) is 0 Å². The Morgan fingerprint density at radius 2 is 1.86 bits per heavy atom. The monoisotopic (exact) mass is 284 g/mol. The second-order valence-electron chi connectivity index (χ2n) is 5.64. The van der Waals surface area contributed by atoms with Crippen LogP contribution in [-0.2, 0) is 6.42 Å². The van der Waals surface area contributed by atoms with Crippen molar-refractivity contribution in [3.8, 4) is 0 Å². The summed E-state index contributed by atoms with van der Waals surface area (Å²) >= 11 is 0. The summed E-state index contributed by atoms with van der Waals surface area (Å²) in [7, 11) is 0. The molecule has 0 aliphatic carbocycles. The predicted octanol–water partition coefficient (Wildman–Crippen LogP) is 4.23. The number of benzene rings is 1. The highest BCUT2D eigenvalue weighted by molar-refractivity contribution is 5.97. The van der Waals surface area contributed by atoms with Crippen molar-refractivity contribution in [1.82, 2.24) is 9.78 Å². The highest BCUT2D eigenvalue weighted by atomic mass is 16.2. The number of hydrogen-bond donors (Lipinski definition) is 0. The lowest BCUT2D eigenvalue weighted by molar-refractivity contribution is 0.0941. The molecule has 0 atom stereocenters. The molecule has 2 aromatic rings. The van der Waals surface area contributed by atoms with E-state index < -0.39 is 0 Å². The van der Waals surface area contributed by atoms with Gasteiger partial charge in [-0.05, 0) is 50.8 Å². The van der Waals surface area contributed by atoms with Crippen LogP contribution >= 0.6 is 0 Å². The SMILES string of the molecule is CCCCCc1c(C)nn(C(=O)c2ccccc2C)c1C. The van der Waals surface area contributed by atoms with Gasteiger partial charge in [0.2, 0.25) is 0 Å². The minimum atomic E-state index is -0.0320. The van der Waals surface area contributed by atoms with Crippen molar-refractivity contribution in [2.45, 2.75) is 53.4 Å². The molecule has 0 unspecified atom stereocenters. The van der Waals surface area contributed by atoms with Gasteiger partial charge in [-0.1, -0.05) is 38.0 Å². The maximum atomic E-state index is 12.7. The van der Waals surface area contributed by atoms with Gasteiger partial charge in [-0.3, -0.25) is 4.79 Å². The molecule has 0 fully saturated rings.